The van der Waals surface area contributed by atoms with Gasteiger partial charge < -0.3 is 5.32 Å². The average Bonchev–Trinajstić information content (AvgIpc) is 3.06. The molecule has 1 saturated carbocycles. The second-order valence-corrected chi connectivity index (χ2v) is 5.90. The van der Waals surface area contributed by atoms with Gasteiger partial charge in [-0.1, -0.05) is 6.07 Å². The van der Waals surface area contributed by atoms with Crippen molar-refractivity contribution in [2.45, 2.75) is 25.3 Å². The molecule has 2 amide bonds. The van der Waals surface area contributed by atoms with Gasteiger partial charge in [0, 0.05) is 19.0 Å². The highest BCUT2D eigenvalue weighted by molar-refractivity contribution is 6.05. The number of amides is 2. The van der Waals surface area contributed by atoms with Crippen LogP contribution in [0.2, 0.25) is 0 Å². The Balaban J connectivity index is 1.61. The Morgan fingerprint density at radius 3 is 3.00 bits per heavy atom. The minimum absolute atomic E-state index is 0.0985. The van der Waals surface area contributed by atoms with Crippen LogP contribution in [0.5, 0.6) is 0 Å². The number of nitrogens with one attached hydrogen (secondary N) is 2. The van der Waals surface area contributed by atoms with Crippen LogP contribution in [0.4, 0.5) is 10.2 Å². The Morgan fingerprint density at radius 2 is 2.23 bits per heavy atom. The van der Waals surface area contributed by atoms with Crippen LogP contribution in [-0.2, 0) is 9.59 Å². The summed E-state index contributed by atoms with van der Waals surface area (Å²) in [6.45, 7) is 0.242. The van der Waals surface area contributed by atoms with E-state index >= 15 is 0 Å². The van der Waals surface area contributed by atoms with E-state index in [2.05, 4.69) is 15.5 Å². The minimum atomic E-state index is -0.431. The number of hydrogen-bond acceptors (Lipinski definition) is 3. The molecule has 1 atom stereocenters. The van der Waals surface area contributed by atoms with Crippen LogP contribution >= 0.6 is 0 Å². The highest BCUT2D eigenvalue weighted by Crippen LogP contribution is 2.31. The summed E-state index contributed by atoms with van der Waals surface area (Å²) >= 11 is 0. The molecule has 6 nitrogen and oxygen atoms in total. The van der Waals surface area contributed by atoms with Gasteiger partial charge in [0.1, 0.15) is 5.82 Å². The Hall–Kier alpha value is -2.44. The number of fused-ring (bicyclic) bond motifs is 1. The predicted octanol–water partition coefficient (Wildman–Crippen LogP) is 1.33. The van der Waals surface area contributed by atoms with E-state index < -0.39 is 11.7 Å². The van der Waals surface area contributed by atoms with Crippen LogP contribution in [0.15, 0.2) is 18.2 Å². The van der Waals surface area contributed by atoms with Gasteiger partial charge in [-0.15, -0.1) is 0 Å². The van der Waals surface area contributed by atoms with Gasteiger partial charge in [-0.05, 0) is 25.0 Å². The number of aromatic nitrogens is 2. The molecular weight excluding hydrogens is 287 g/mol. The topological polar surface area (TPSA) is 78.1 Å². The zero-order valence-corrected chi connectivity index (χ0v) is 11.8. The zero-order chi connectivity index (χ0) is 15.3. The maximum atomic E-state index is 14.0. The molecule has 1 aromatic heterocycles. The molecule has 7 heteroatoms. The van der Waals surface area contributed by atoms with Crippen LogP contribution in [-0.4, -0.2) is 34.6 Å². The number of halogens is 1. The molecule has 2 N–H and O–H groups in total. The Labute approximate surface area is 125 Å². The first-order valence-electron chi connectivity index (χ1n) is 7.37. The smallest absolute Gasteiger partial charge is 0.229 e. The lowest BCUT2D eigenvalue weighted by Crippen LogP contribution is -2.34. The van der Waals surface area contributed by atoms with E-state index in [1.165, 1.54) is 11.0 Å². The fourth-order valence-corrected chi connectivity index (χ4v) is 2.84. The third-order valence-corrected chi connectivity index (χ3v) is 4.19. The molecule has 22 heavy (non-hydrogen) atoms. The fraction of sp³-hybridized carbons (Fsp3) is 0.400. The van der Waals surface area contributed by atoms with E-state index in [1.54, 1.807) is 12.1 Å². The predicted molar refractivity (Wildman–Crippen MR) is 77.7 cm³/mol. The van der Waals surface area contributed by atoms with Gasteiger partial charge in [-0.2, -0.15) is 5.10 Å². The zero-order valence-electron chi connectivity index (χ0n) is 11.8. The number of H-pyrrole nitrogens is 1. The maximum Gasteiger partial charge on any atom is 0.229 e. The van der Waals surface area contributed by atoms with Gasteiger partial charge >= 0.3 is 0 Å². The number of carbonyl (C=O) groups excluding carboxylic acids is 2. The quantitative estimate of drug-likeness (QED) is 0.898. The van der Waals surface area contributed by atoms with Crippen LogP contribution in [0.25, 0.3) is 10.9 Å². The lowest BCUT2D eigenvalue weighted by atomic mass is 10.1. The van der Waals surface area contributed by atoms with Gasteiger partial charge in [0.15, 0.2) is 5.82 Å². The molecule has 1 saturated heterocycles. The van der Waals surface area contributed by atoms with Crippen molar-refractivity contribution >= 4 is 28.5 Å². The first-order chi connectivity index (χ1) is 10.6. The number of rotatable bonds is 3. The summed E-state index contributed by atoms with van der Waals surface area (Å²) in [5.41, 5.74) is 0.536. The summed E-state index contributed by atoms with van der Waals surface area (Å²) in [4.78, 5) is 25.7. The molecule has 2 heterocycles. The van der Waals surface area contributed by atoms with E-state index in [9.17, 15) is 14.0 Å². The fourth-order valence-electron chi connectivity index (χ4n) is 2.84. The van der Waals surface area contributed by atoms with Crippen molar-refractivity contribution in [1.29, 1.82) is 0 Å². The molecule has 1 aliphatic carbocycles. The summed E-state index contributed by atoms with van der Waals surface area (Å²) in [6.07, 6.45) is 2.15. The van der Waals surface area contributed by atoms with Crippen molar-refractivity contribution in [3.05, 3.63) is 24.0 Å². The monoisotopic (exact) mass is 302 g/mol. The van der Waals surface area contributed by atoms with Crippen LogP contribution < -0.4 is 10.2 Å². The lowest BCUT2D eigenvalue weighted by molar-refractivity contribution is -0.126. The molecule has 2 aliphatic rings. The minimum Gasteiger partial charge on any atom is -0.353 e. The molecule has 0 radical (unpaired) electrons. The second kappa shape index (κ2) is 4.79. The first-order valence-corrected chi connectivity index (χ1v) is 7.37. The van der Waals surface area contributed by atoms with E-state index in [-0.39, 0.29) is 36.6 Å². The van der Waals surface area contributed by atoms with Gasteiger partial charge in [-0.25, -0.2) is 4.39 Å². The van der Waals surface area contributed by atoms with Crippen molar-refractivity contribution in [2.24, 2.45) is 5.92 Å². The third-order valence-electron chi connectivity index (χ3n) is 4.19. The van der Waals surface area contributed by atoms with Crippen molar-refractivity contribution in [1.82, 2.24) is 15.5 Å². The largest absolute Gasteiger partial charge is 0.353 e. The first kappa shape index (κ1) is 13.2. The highest BCUT2D eigenvalue weighted by atomic mass is 19.1. The second-order valence-electron chi connectivity index (χ2n) is 5.90. The molecule has 4 rings (SSSR count). The average molecular weight is 302 g/mol. The summed E-state index contributed by atoms with van der Waals surface area (Å²) < 4.78 is 14.0. The van der Waals surface area contributed by atoms with Gasteiger partial charge in [0.05, 0.1) is 16.8 Å². The summed E-state index contributed by atoms with van der Waals surface area (Å²) in [6, 6.07) is 4.88. The molecule has 2 fully saturated rings. The molecular formula is C15H15FN4O2. The van der Waals surface area contributed by atoms with Gasteiger partial charge in [0.2, 0.25) is 11.8 Å². The summed E-state index contributed by atoms with van der Waals surface area (Å²) in [5, 5.41) is 9.99. The summed E-state index contributed by atoms with van der Waals surface area (Å²) in [5.74, 6) is -0.863. The molecule has 0 unspecified atom stereocenters. The lowest BCUT2D eigenvalue weighted by Gasteiger charge is -2.14. The Bertz CT molecular complexity index is 768. The molecule has 1 aromatic carbocycles. The van der Waals surface area contributed by atoms with Crippen LogP contribution in [0.3, 0.4) is 0 Å². The standard InChI is InChI=1S/C15H15FN4O2/c16-10-2-1-3-11-13(10)14(19-18-11)20-7-8(6-12(20)21)15(22)17-9-4-5-9/h1-3,8-9H,4-7H2,(H,17,22)(H,18,19)/t8-/m1/s1. The van der Waals surface area contributed by atoms with Crippen LogP contribution in [0.1, 0.15) is 19.3 Å². The van der Waals surface area contributed by atoms with Gasteiger partial charge in [0.25, 0.3) is 0 Å². The third kappa shape index (κ3) is 2.13. The number of anilines is 1. The normalized spacial score (nSPS) is 21.6. The van der Waals surface area contributed by atoms with Crippen molar-refractivity contribution < 1.29 is 14.0 Å². The van der Waals surface area contributed by atoms with E-state index in [0.29, 0.717) is 10.9 Å². The van der Waals surface area contributed by atoms with E-state index in [0.717, 1.165) is 12.8 Å². The SMILES string of the molecule is O=C(NC1CC1)[C@@H]1CC(=O)N(c2n[nH]c3cccc(F)c23)C1. The van der Waals surface area contributed by atoms with Crippen molar-refractivity contribution in [3.8, 4) is 0 Å². The molecule has 114 valence electrons. The Kier molecular flexibility index (Phi) is 2.88. The number of aromatic amines is 1. The summed E-state index contributed by atoms with van der Waals surface area (Å²) in [7, 11) is 0. The number of carbonyl (C=O) groups is 2. The van der Waals surface area contributed by atoms with Gasteiger partial charge in [-0.3, -0.25) is 19.6 Å². The number of hydrogen-bond donors (Lipinski definition) is 2. The maximum absolute atomic E-state index is 14.0. The van der Waals surface area contributed by atoms with Crippen molar-refractivity contribution in [2.75, 3.05) is 11.4 Å². The van der Waals surface area contributed by atoms with E-state index in [1.807, 2.05) is 0 Å². The molecule has 0 spiro atoms. The Morgan fingerprint density at radius 1 is 1.41 bits per heavy atom. The van der Waals surface area contributed by atoms with Crippen molar-refractivity contribution in [3.63, 3.8) is 0 Å². The number of nitrogens with zero attached hydrogens (tertiary/aromatic N) is 2. The van der Waals surface area contributed by atoms with E-state index in [4.69, 9.17) is 0 Å². The molecule has 2 aromatic rings. The molecule has 0 bridgehead atoms. The number of benzene rings is 1. The molecule has 1 aliphatic heterocycles. The van der Waals surface area contributed by atoms with Crippen LogP contribution in [0, 0.1) is 11.7 Å². The highest BCUT2D eigenvalue weighted by Gasteiger charge is 2.38.